The minimum absolute atomic E-state index is 0.0606. The molecule has 2 heterocycles. The third-order valence-electron chi connectivity index (χ3n) is 2.94. The van der Waals surface area contributed by atoms with E-state index in [9.17, 15) is 9.90 Å². The predicted octanol–water partition coefficient (Wildman–Crippen LogP) is 0.504. The molecule has 0 amide bonds. The number of hydrogen-bond donors (Lipinski definition) is 1. The van der Waals surface area contributed by atoms with E-state index < -0.39 is 6.10 Å². The van der Waals surface area contributed by atoms with Crippen LogP contribution in [-0.2, 0) is 11.3 Å². The van der Waals surface area contributed by atoms with Gasteiger partial charge < -0.3 is 9.84 Å². The smallest absolute Gasteiger partial charge is 0.259 e. The molecule has 1 atom stereocenters. The van der Waals surface area contributed by atoms with Crippen molar-refractivity contribution in [3.05, 3.63) is 33.2 Å². The summed E-state index contributed by atoms with van der Waals surface area (Å²) in [5.74, 6) is 0. The molecule has 0 saturated carbocycles. The number of nitrogens with zero attached hydrogens (tertiary/aromatic N) is 3. The SMILES string of the molecule is COCC(O)CN(C)Cc1cc(=O)n2c(C)csc2n1. The first kappa shape index (κ1) is 15.1. The van der Waals surface area contributed by atoms with E-state index in [0.717, 1.165) is 5.69 Å². The van der Waals surface area contributed by atoms with Crippen LogP contribution in [0.4, 0.5) is 0 Å². The average molecular weight is 297 g/mol. The molecule has 110 valence electrons. The van der Waals surface area contributed by atoms with Gasteiger partial charge in [-0.15, -0.1) is 11.3 Å². The summed E-state index contributed by atoms with van der Waals surface area (Å²) in [5.41, 5.74) is 1.55. The molecule has 0 saturated heterocycles. The van der Waals surface area contributed by atoms with Crippen LogP contribution < -0.4 is 5.56 Å². The van der Waals surface area contributed by atoms with Crippen LogP contribution in [-0.4, -0.2) is 52.8 Å². The highest BCUT2D eigenvalue weighted by molar-refractivity contribution is 7.15. The molecule has 0 spiro atoms. The molecular weight excluding hydrogens is 278 g/mol. The molecule has 6 nitrogen and oxygen atoms in total. The van der Waals surface area contributed by atoms with Gasteiger partial charge >= 0.3 is 0 Å². The maximum Gasteiger partial charge on any atom is 0.259 e. The number of thiazole rings is 1. The zero-order valence-electron chi connectivity index (χ0n) is 11.9. The Morgan fingerprint density at radius 3 is 3.05 bits per heavy atom. The molecule has 0 fully saturated rings. The summed E-state index contributed by atoms with van der Waals surface area (Å²) in [7, 11) is 3.43. The van der Waals surface area contributed by atoms with Crippen LogP contribution in [0.5, 0.6) is 0 Å². The standard InChI is InChI=1S/C13H19N3O3S/c1-9-8-20-13-14-10(4-12(18)16(9)13)5-15(2)6-11(17)7-19-3/h4,8,11,17H,5-7H2,1-3H3. The lowest BCUT2D eigenvalue weighted by Gasteiger charge is -2.19. The highest BCUT2D eigenvalue weighted by Crippen LogP contribution is 2.12. The summed E-state index contributed by atoms with van der Waals surface area (Å²) in [6.45, 7) is 3.17. The lowest BCUT2D eigenvalue weighted by molar-refractivity contribution is 0.0417. The Morgan fingerprint density at radius 1 is 1.60 bits per heavy atom. The molecule has 7 heteroatoms. The quantitative estimate of drug-likeness (QED) is 0.841. The number of aliphatic hydroxyl groups is 1. The monoisotopic (exact) mass is 297 g/mol. The van der Waals surface area contributed by atoms with Crippen molar-refractivity contribution in [1.82, 2.24) is 14.3 Å². The topological polar surface area (TPSA) is 67.1 Å². The summed E-state index contributed by atoms with van der Waals surface area (Å²) in [6, 6.07) is 1.55. The lowest BCUT2D eigenvalue weighted by atomic mass is 10.3. The molecule has 0 bridgehead atoms. The molecule has 2 aromatic rings. The highest BCUT2D eigenvalue weighted by atomic mass is 32.1. The minimum Gasteiger partial charge on any atom is -0.389 e. The van der Waals surface area contributed by atoms with Crippen LogP contribution in [0.3, 0.4) is 0 Å². The van der Waals surface area contributed by atoms with E-state index >= 15 is 0 Å². The second-order valence-electron chi connectivity index (χ2n) is 4.89. The van der Waals surface area contributed by atoms with Gasteiger partial charge in [0.1, 0.15) is 0 Å². The molecule has 1 unspecified atom stereocenters. The molecule has 2 aromatic heterocycles. The van der Waals surface area contributed by atoms with E-state index in [1.54, 1.807) is 17.6 Å². The van der Waals surface area contributed by atoms with Crippen molar-refractivity contribution in [2.45, 2.75) is 19.6 Å². The minimum atomic E-state index is -0.543. The molecular formula is C13H19N3O3S. The zero-order chi connectivity index (χ0) is 14.7. The Labute approximate surface area is 121 Å². The van der Waals surface area contributed by atoms with Crippen LogP contribution in [0.2, 0.25) is 0 Å². The Kier molecular flexibility index (Phi) is 4.87. The van der Waals surface area contributed by atoms with Crippen molar-refractivity contribution in [3.8, 4) is 0 Å². The Balaban J connectivity index is 2.12. The van der Waals surface area contributed by atoms with Crippen LogP contribution in [0.25, 0.3) is 4.96 Å². The van der Waals surface area contributed by atoms with Gasteiger partial charge in [-0.25, -0.2) is 4.98 Å². The van der Waals surface area contributed by atoms with Crippen LogP contribution in [0, 0.1) is 6.92 Å². The fourth-order valence-electron chi connectivity index (χ4n) is 2.13. The van der Waals surface area contributed by atoms with Gasteiger partial charge in [-0.2, -0.15) is 0 Å². The summed E-state index contributed by atoms with van der Waals surface area (Å²) in [6.07, 6.45) is -0.543. The van der Waals surface area contributed by atoms with E-state index in [2.05, 4.69) is 4.98 Å². The van der Waals surface area contributed by atoms with E-state index in [0.29, 0.717) is 30.4 Å². The molecule has 0 aliphatic heterocycles. The first-order chi connectivity index (χ1) is 9.51. The fourth-order valence-corrected chi connectivity index (χ4v) is 3.02. The van der Waals surface area contributed by atoms with E-state index in [4.69, 9.17) is 4.74 Å². The van der Waals surface area contributed by atoms with Crippen molar-refractivity contribution in [2.24, 2.45) is 0 Å². The van der Waals surface area contributed by atoms with Crippen molar-refractivity contribution < 1.29 is 9.84 Å². The Morgan fingerprint density at radius 2 is 2.35 bits per heavy atom. The second kappa shape index (κ2) is 6.45. The lowest BCUT2D eigenvalue weighted by Crippen LogP contribution is -2.32. The third-order valence-corrected chi connectivity index (χ3v) is 3.89. The first-order valence-corrected chi connectivity index (χ1v) is 7.21. The van der Waals surface area contributed by atoms with Gasteiger partial charge in [-0.05, 0) is 14.0 Å². The molecule has 20 heavy (non-hydrogen) atoms. The maximum atomic E-state index is 12.0. The largest absolute Gasteiger partial charge is 0.389 e. The van der Waals surface area contributed by atoms with Gasteiger partial charge in [0, 0.05) is 37.3 Å². The number of aromatic nitrogens is 2. The normalized spacial score (nSPS) is 13.2. The zero-order valence-corrected chi connectivity index (χ0v) is 12.7. The molecule has 0 aliphatic rings. The Bertz CT molecular complexity index is 637. The van der Waals surface area contributed by atoms with Crippen molar-refractivity contribution >= 4 is 16.3 Å². The summed E-state index contributed by atoms with van der Waals surface area (Å²) in [4.78, 5) is 19.1. The molecule has 0 radical (unpaired) electrons. The number of ether oxygens (including phenoxy) is 1. The van der Waals surface area contributed by atoms with Gasteiger partial charge in [-0.1, -0.05) is 0 Å². The van der Waals surface area contributed by atoms with Gasteiger partial charge in [0.15, 0.2) is 4.96 Å². The highest BCUT2D eigenvalue weighted by Gasteiger charge is 2.11. The van der Waals surface area contributed by atoms with Gasteiger partial charge in [0.05, 0.1) is 18.4 Å². The summed E-state index contributed by atoms with van der Waals surface area (Å²) in [5, 5.41) is 11.6. The summed E-state index contributed by atoms with van der Waals surface area (Å²) < 4.78 is 6.50. The van der Waals surface area contributed by atoms with Crippen molar-refractivity contribution in [2.75, 3.05) is 27.3 Å². The number of likely N-dealkylation sites (N-methyl/N-ethyl adjacent to an activating group) is 1. The third kappa shape index (κ3) is 3.43. The van der Waals surface area contributed by atoms with Crippen molar-refractivity contribution in [1.29, 1.82) is 0 Å². The van der Waals surface area contributed by atoms with E-state index in [-0.39, 0.29) is 5.56 Å². The summed E-state index contributed by atoms with van der Waals surface area (Å²) >= 11 is 1.46. The van der Waals surface area contributed by atoms with Crippen LogP contribution in [0.1, 0.15) is 11.4 Å². The number of fused-ring (bicyclic) bond motifs is 1. The molecule has 0 aromatic carbocycles. The van der Waals surface area contributed by atoms with E-state index in [1.165, 1.54) is 11.3 Å². The number of aryl methyl sites for hydroxylation is 1. The van der Waals surface area contributed by atoms with Crippen molar-refractivity contribution in [3.63, 3.8) is 0 Å². The van der Waals surface area contributed by atoms with Gasteiger partial charge in [0.2, 0.25) is 0 Å². The molecule has 2 rings (SSSR count). The number of aliphatic hydroxyl groups excluding tert-OH is 1. The molecule has 1 N–H and O–H groups in total. The fraction of sp³-hybridized carbons (Fsp3) is 0.538. The number of hydrogen-bond acceptors (Lipinski definition) is 6. The molecule has 0 aliphatic carbocycles. The van der Waals surface area contributed by atoms with Crippen LogP contribution in [0.15, 0.2) is 16.2 Å². The number of methoxy groups -OCH3 is 1. The second-order valence-corrected chi connectivity index (χ2v) is 5.72. The number of rotatable bonds is 6. The first-order valence-electron chi connectivity index (χ1n) is 6.33. The predicted molar refractivity (Wildman–Crippen MR) is 78.3 cm³/mol. The van der Waals surface area contributed by atoms with Gasteiger partial charge in [0.25, 0.3) is 5.56 Å². The van der Waals surface area contributed by atoms with Gasteiger partial charge in [-0.3, -0.25) is 14.1 Å². The van der Waals surface area contributed by atoms with Crippen LogP contribution >= 0.6 is 11.3 Å². The average Bonchev–Trinajstić information content (AvgIpc) is 2.71. The Hall–Kier alpha value is -1.28. The van der Waals surface area contributed by atoms with E-state index in [1.807, 2.05) is 24.3 Å². The maximum absolute atomic E-state index is 12.0.